The predicted molar refractivity (Wildman–Crippen MR) is 74.5 cm³/mol. The first-order chi connectivity index (χ1) is 9.04. The molecule has 1 aromatic rings. The zero-order chi connectivity index (χ0) is 14.3. The minimum atomic E-state index is -0.299. The summed E-state index contributed by atoms with van der Waals surface area (Å²) < 4.78 is 5.66. The Bertz CT molecular complexity index is 401. The van der Waals surface area contributed by atoms with Crippen LogP contribution in [0.2, 0.25) is 0 Å². The molecular weight excluding hydrogens is 244 g/mol. The van der Waals surface area contributed by atoms with Crippen molar-refractivity contribution in [3.8, 4) is 5.75 Å². The first-order valence-corrected chi connectivity index (χ1v) is 6.38. The van der Waals surface area contributed by atoms with Crippen LogP contribution in [-0.2, 0) is 0 Å². The van der Waals surface area contributed by atoms with Crippen molar-refractivity contribution in [3.63, 3.8) is 0 Å². The van der Waals surface area contributed by atoms with Crippen LogP contribution in [0.1, 0.15) is 18.1 Å². The van der Waals surface area contributed by atoms with Crippen LogP contribution in [-0.4, -0.2) is 36.9 Å². The molecule has 5 nitrogen and oxygen atoms in total. The monoisotopic (exact) mass is 266 g/mol. The number of ether oxygens (including phenoxy) is 1. The molecule has 0 aliphatic heterocycles. The molecule has 0 spiro atoms. The van der Waals surface area contributed by atoms with Gasteiger partial charge in [0, 0.05) is 0 Å². The molecule has 0 unspecified atom stereocenters. The minimum Gasteiger partial charge on any atom is -0.491 e. The molecule has 0 fully saturated rings. The highest BCUT2D eigenvalue weighted by Crippen LogP contribution is 2.21. The van der Waals surface area contributed by atoms with Crippen molar-refractivity contribution in [2.75, 3.05) is 19.8 Å². The van der Waals surface area contributed by atoms with Crippen molar-refractivity contribution < 1.29 is 14.6 Å². The van der Waals surface area contributed by atoms with Crippen molar-refractivity contribution in [1.82, 2.24) is 10.6 Å². The van der Waals surface area contributed by atoms with Crippen LogP contribution in [0.4, 0.5) is 4.79 Å². The normalized spacial score (nSPS) is 11.8. The highest BCUT2D eigenvalue weighted by Gasteiger charge is 2.06. The van der Waals surface area contributed by atoms with Crippen LogP contribution in [0.25, 0.3) is 0 Å². The van der Waals surface area contributed by atoms with E-state index in [1.54, 1.807) is 6.92 Å². The summed E-state index contributed by atoms with van der Waals surface area (Å²) in [5, 5.41) is 14.1. The smallest absolute Gasteiger partial charge is 0.315 e. The maximum absolute atomic E-state index is 11.4. The predicted octanol–water partition coefficient (Wildman–Crippen LogP) is 1.36. The Kier molecular flexibility index (Phi) is 6.15. The number of amides is 2. The van der Waals surface area contributed by atoms with Gasteiger partial charge in [-0.05, 0) is 31.9 Å². The topological polar surface area (TPSA) is 70.6 Å². The molecule has 0 bridgehead atoms. The molecule has 1 atom stereocenters. The molecule has 0 heterocycles. The van der Waals surface area contributed by atoms with Gasteiger partial charge in [0.1, 0.15) is 12.4 Å². The quantitative estimate of drug-likeness (QED) is 0.681. The van der Waals surface area contributed by atoms with E-state index in [9.17, 15) is 4.79 Å². The molecule has 19 heavy (non-hydrogen) atoms. The van der Waals surface area contributed by atoms with E-state index in [4.69, 9.17) is 9.84 Å². The van der Waals surface area contributed by atoms with E-state index in [0.717, 1.165) is 16.9 Å². The van der Waals surface area contributed by atoms with E-state index in [1.165, 1.54) is 0 Å². The first-order valence-electron chi connectivity index (χ1n) is 6.38. The number of carbonyl (C=O) groups excluding carboxylic acids is 1. The van der Waals surface area contributed by atoms with Crippen LogP contribution in [0.5, 0.6) is 5.75 Å². The number of urea groups is 1. The van der Waals surface area contributed by atoms with Gasteiger partial charge in [0.25, 0.3) is 0 Å². The van der Waals surface area contributed by atoms with Crippen molar-refractivity contribution in [2.45, 2.75) is 26.8 Å². The molecule has 0 saturated carbocycles. The summed E-state index contributed by atoms with van der Waals surface area (Å²) in [5.41, 5.74) is 2.16. The van der Waals surface area contributed by atoms with Gasteiger partial charge in [-0.25, -0.2) is 4.79 Å². The molecule has 106 valence electrons. The zero-order valence-electron chi connectivity index (χ0n) is 11.7. The second-order valence-electron chi connectivity index (χ2n) is 4.55. The van der Waals surface area contributed by atoms with Crippen molar-refractivity contribution in [3.05, 3.63) is 29.3 Å². The fourth-order valence-electron chi connectivity index (χ4n) is 1.66. The number of rotatable bonds is 6. The summed E-state index contributed by atoms with van der Waals surface area (Å²) in [6.45, 7) is 6.46. The lowest BCUT2D eigenvalue weighted by atomic mass is 10.1. The van der Waals surface area contributed by atoms with E-state index in [2.05, 4.69) is 10.6 Å². The van der Waals surface area contributed by atoms with Gasteiger partial charge in [0.05, 0.1) is 19.2 Å². The summed E-state index contributed by atoms with van der Waals surface area (Å²) in [5.74, 6) is 0.869. The molecule has 0 aromatic heterocycles. The number of aryl methyl sites for hydroxylation is 2. The Morgan fingerprint density at radius 1 is 1.37 bits per heavy atom. The molecule has 0 aliphatic rings. The van der Waals surface area contributed by atoms with Crippen molar-refractivity contribution >= 4 is 6.03 Å². The number of hydrogen-bond acceptors (Lipinski definition) is 3. The van der Waals surface area contributed by atoms with Crippen molar-refractivity contribution in [2.24, 2.45) is 0 Å². The summed E-state index contributed by atoms with van der Waals surface area (Å²) in [7, 11) is 0. The molecule has 2 amide bonds. The zero-order valence-corrected chi connectivity index (χ0v) is 11.7. The Balaban J connectivity index is 2.29. The van der Waals surface area contributed by atoms with Crippen LogP contribution in [0.15, 0.2) is 18.2 Å². The number of hydrogen-bond donors (Lipinski definition) is 3. The standard InChI is InChI=1S/C14H22N2O3/c1-10-5-4-6-11(2)13(10)19-8-7-15-14(18)16-12(3)9-17/h4-6,12,17H,7-9H2,1-3H3,(H2,15,16,18)/t12-/m0/s1. The number of aliphatic hydroxyl groups is 1. The highest BCUT2D eigenvalue weighted by molar-refractivity contribution is 5.74. The third kappa shape index (κ3) is 5.18. The summed E-state index contributed by atoms with van der Waals surface area (Å²) in [4.78, 5) is 11.4. The Morgan fingerprint density at radius 2 is 2.00 bits per heavy atom. The lowest BCUT2D eigenvalue weighted by Crippen LogP contribution is -2.43. The van der Waals surface area contributed by atoms with Crippen molar-refractivity contribution in [1.29, 1.82) is 0 Å². The van der Waals surface area contributed by atoms with Gasteiger partial charge in [0.15, 0.2) is 0 Å². The van der Waals surface area contributed by atoms with E-state index < -0.39 is 0 Å². The average molecular weight is 266 g/mol. The molecule has 0 radical (unpaired) electrons. The fourth-order valence-corrected chi connectivity index (χ4v) is 1.66. The van der Waals surface area contributed by atoms with Gasteiger partial charge in [-0.2, -0.15) is 0 Å². The minimum absolute atomic E-state index is 0.0771. The van der Waals surface area contributed by atoms with Gasteiger partial charge in [-0.3, -0.25) is 0 Å². The lowest BCUT2D eigenvalue weighted by Gasteiger charge is -2.14. The molecule has 0 saturated heterocycles. The average Bonchev–Trinajstić information content (AvgIpc) is 2.37. The molecule has 5 heteroatoms. The van der Waals surface area contributed by atoms with E-state index >= 15 is 0 Å². The van der Waals surface area contributed by atoms with Crippen LogP contribution in [0.3, 0.4) is 0 Å². The largest absolute Gasteiger partial charge is 0.491 e. The van der Waals surface area contributed by atoms with Crippen LogP contribution >= 0.6 is 0 Å². The van der Waals surface area contributed by atoms with Gasteiger partial charge in [-0.1, -0.05) is 18.2 Å². The van der Waals surface area contributed by atoms with Crippen LogP contribution < -0.4 is 15.4 Å². The number of para-hydroxylation sites is 1. The molecule has 0 aliphatic carbocycles. The number of benzene rings is 1. The third-order valence-corrected chi connectivity index (χ3v) is 2.69. The van der Waals surface area contributed by atoms with Gasteiger partial charge < -0.3 is 20.5 Å². The van der Waals surface area contributed by atoms with Gasteiger partial charge in [-0.15, -0.1) is 0 Å². The van der Waals surface area contributed by atoms with E-state index in [1.807, 2.05) is 32.0 Å². The summed E-state index contributed by atoms with van der Waals surface area (Å²) in [6, 6.07) is 5.42. The van der Waals surface area contributed by atoms with Crippen LogP contribution in [0, 0.1) is 13.8 Å². The van der Waals surface area contributed by atoms with Gasteiger partial charge in [0.2, 0.25) is 0 Å². The maximum Gasteiger partial charge on any atom is 0.315 e. The highest BCUT2D eigenvalue weighted by atomic mass is 16.5. The first kappa shape index (κ1) is 15.3. The Labute approximate surface area is 114 Å². The second-order valence-corrected chi connectivity index (χ2v) is 4.55. The SMILES string of the molecule is Cc1cccc(C)c1OCCNC(=O)N[C@@H](C)CO. The number of nitrogens with one attached hydrogen (secondary N) is 2. The maximum atomic E-state index is 11.4. The molecule has 1 rings (SSSR count). The lowest BCUT2D eigenvalue weighted by molar-refractivity contribution is 0.217. The summed E-state index contributed by atoms with van der Waals surface area (Å²) in [6.07, 6.45) is 0. The Morgan fingerprint density at radius 3 is 2.58 bits per heavy atom. The Hall–Kier alpha value is -1.75. The number of carbonyl (C=O) groups is 1. The van der Waals surface area contributed by atoms with Gasteiger partial charge >= 0.3 is 6.03 Å². The number of aliphatic hydroxyl groups excluding tert-OH is 1. The fraction of sp³-hybridized carbons (Fsp3) is 0.500. The third-order valence-electron chi connectivity index (χ3n) is 2.69. The van der Waals surface area contributed by atoms with E-state index in [-0.39, 0.29) is 18.7 Å². The molecule has 1 aromatic carbocycles. The summed E-state index contributed by atoms with van der Waals surface area (Å²) >= 11 is 0. The molecule has 3 N–H and O–H groups in total. The molecular formula is C14H22N2O3. The van der Waals surface area contributed by atoms with E-state index in [0.29, 0.717) is 13.2 Å². The second kappa shape index (κ2) is 7.63.